The summed E-state index contributed by atoms with van der Waals surface area (Å²) in [6.07, 6.45) is 0.889. The number of carbonyl (C=O) groups excluding carboxylic acids is 1. The molecule has 0 aromatic rings. The van der Waals surface area contributed by atoms with E-state index in [2.05, 4.69) is 18.7 Å². The molecule has 0 aromatic carbocycles. The average Bonchev–Trinajstić information content (AvgIpc) is 2.00. The molecule has 0 radical (unpaired) electrons. The van der Waals surface area contributed by atoms with Crippen LogP contribution in [0.2, 0.25) is 0 Å². The molecule has 1 unspecified atom stereocenters. The molecule has 1 heterocycles. The van der Waals surface area contributed by atoms with Crippen LogP contribution >= 0.6 is 0 Å². The highest BCUT2D eigenvalue weighted by atomic mass is 16.5. The van der Waals surface area contributed by atoms with Crippen molar-refractivity contribution in [1.29, 1.82) is 0 Å². The molecule has 1 atom stereocenters. The van der Waals surface area contributed by atoms with Gasteiger partial charge in [0.15, 0.2) is 0 Å². The fraction of sp³-hybridized carbons (Fsp3) is 0.900. The van der Waals surface area contributed by atoms with Gasteiger partial charge >= 0.3 is 5.97 Å². The van der Waals surface area contributed by atoms with E-state index in [0.717, 1.165) is 13.0 Å². The summed E-state index contributed by atoms with van der Waals surface area (Å²) in [5, 5.41) is 0. The molecule has 0 aliphatic carbocycles. The molecule has 1 saturated heterocycles. The van der Waals surface area contributed by atoms with E-state index < -0.39 is 0 Å². The lowest BCUT2D eigenvalue weighted by Crippen LogP contribution is -2.63. The Morgan fingerprint density at radius 2 is 2.14 bits per heavy atom. The van der Waals surface area contributed by atoms with Gasteiger partial charge < -0.3 is 9.47 Å². The molecule has 82 valence electrons. The summed E-state index contributed by atoms with van der Waals surface area (Å²) >= 11 is 0. The van der Waals surface area contributed by atoms with E-state index in [1.807, 2.05) is 0 Å². The Morgan fingerprint density at radius 1 is 1.50 bits per heavy atom. The highest BCUT2D eigenvalue weighted by molar-refractivity contribution is 5.76. The molecule has 0 amide bonds. The van der Waals surface area contributed by atoms with Gasteiger partial charge in [0.1, 0.15) is 6.04 Å². The zero-order valence-corrected chi connectivity index (χ0v) is 9.37. The Bertz CT molecular complexity index is 215. The number of nitrogens with zero attached hydrogens (tertiary/aromatic N) is 1. The van der Waals surface area contributed by atoms with Gasteiger partial charge in [0, 0.05) is 19.2 Å². The van der Waals surface area contributed by atoms with Gasteiger partial charge in [-0.15, -0.1) is 0 Å². The third kappa shape index (κ3) is 2.07. The number of ether oxygens (including phenoxy) is 2. The molecule has 0 aromatic heterocycles. The predicted octanol–water partition coefficient (Wildman–Crippen LogP) is 0.659. The van der Waals surface area contributed by atoms with Crippen molar-refractivity contribution in [2.45, 2.75) is 31.8 Å². The lowest BCUT2D eigenvalue weighted by atomic mass is 9.92. The molecule has 0 spiro atoms. The maximum atomic E-state index is 11.4. The summed E-state index contributed by atoms with van der Waals surface area (Å²) in [6, 6.07) is -0.0786. The van der Waals surface area contributed by atoms with Crippen molar-refractivity contribution in [2.75, 3.05) is 27.4 Å². The SMILES string of the molecule is COCC(C)(C)N1CCC1C(=O)OC. The van der Waals surface area contributed by atoms with Crippen LogP contribution in [-0.2, 0) is 14.3 Å². The zero-order chi connectivity index (χ0) is 10.8. The molecule has 0 bridgehead atoms. The second kappa shape index (κ2) is 4.28. The lowest BCUT2D eigenvalue weighted by molar-refractivity contribution is -0.158. The van der Waals surface area contributed by atoms with Gasteiger partial charge in [-0.3, -0.25) is 9.69 Å². The number of esters is 1. The molecular formula is C10H19NO3. The number of hydrogen-bond acceptors (Lipinski definition) is 4. The van der Waals surface area contributed by atoms with Crippen molar-refractivity contribution in [3.05, 3.63) is 0 Å². The Balaban J connectivity index is 2.57. The van der Waals surface area contributed by atoms with Crippen molar-refractivity contribution in [1.82, 2.24) is 4.90 Å². The topological polar surface area (TPSA) is 38.8 Å². The standard InChI is InChI=1S/C10H19NO3/c1-10(2,7-13-3)11-6-5-8(11)9(12)14-4/h8H,5-7H2,1-4H3. The van der Waals surface area contributed by atoms with E-state index >= 15 is 0 Å². The lowest BCUT2D eigenvalue weighted by Gasteiger charge is -2.48. The summed E-state index contributed by atoms with van der Waals surface area (Å²) in [5.74, 6) is -0.138. The highest BCUT2D eigenvalue weighted by Crippen LogP contribution is 2.28. The van der Waals surface area contributed by atoms with Gasteiger partial charge in [0.05, 0.1) is 13.7 Å². The Kier molecular flexibility index (Phi) is 3.50. The maximum absolute atomic E-state index is 11.4. The summed E-state index contributed by atoms with van der Waals surface area (Å²) in [5.41, 5.74) is -0.0914. The monoisotopic (exact) mass is 201 g/mol. The average molecular weight is 201 g/mol. The van der Waals surface area contributed by atoms with E-state index in [0.29, 0.717) is 6.61 Å². The van der Waals surface area contributed by atoms with Crippen LogP contribution in [0.25, 0.3) is 0 Å². The highest BCUT2D eigenvalue weighted by Gasteiger charge is 2.43. The molecule has 4 heteroatoms. The molecule has 1 aliphatic rings. The second-order valence-electron chi connectivity index (χ2n) is 4.27. The van der Waals surface area contributed by atoms with Gasteiger partial charge in [0.2, 0.25) is 0 Å². The summed E-state index contributed by atoms with van der Waals surface area (Å²) in [6.45, 7) is 5.72. The largest absolute Gasteiger partial charge is 0.468 e. The number of carbonyl (C=O) groups is 1. The Hall–Kier alpha value is -0.610. The van der Waals surface area contributed by atoms with Gasteiger partial charge in [-0.25, -0.2) is 0 Å². The van der Waals surface area contributed by atoms with Crippen LogP contribution in [0.1, 0.15) is 20.3 Å². The van der Waals surface area contributed by atoms with Crippen LogP contribution in [0.3, 0.4) is 0 Å². The molecule has 4 nitrogen and oxygen atoms in total. The van der Waals surface area contributed by atoms with E-state index in [4.69, 9.17) is 9.47 Å². The minimum atomic E-state index is -0.138. The number of likely N-dealkylation sites (tertiary alicyclic amines) is 1. The predicted molar refractivity (Wildman–Crippen MR) is 53.1 cm³/mol. The van der Waals surface area contributed by atoms with Crippen molar-refractivity contribution in [3.8, 4) is 0 Å². The smallest absolute Gasteiger partial charge is 0.323 e. The third-order valence-corrected chi connectivity index (χ3v) is 2.77. The third-order valence-electron chi connectivity index (χ3n) is 2.77. The first-order valence-corrected chi connectivity index (χ1v) is 4.86. The van der Waals surface area contributed by atoms with Crippen molar-refractivity contribution in [3.63, 3.8) is 0 Å². The van der Waals surface area contributed by atoms with Crippen LogP contribution in [0.5, 0.6) is 0 Å². The summed E-state index contributed by atoms with van der Waals surface area (Å²) < 4.78 is 9.87. The van der Waals surface area contributed by atoms with Crippen molar-refractivity contribution in [2.24, 2.45) is 0 Å². The minimum Gasteiger partial charge on any atom is -0.468 e. The second-order valence-corrected chi connectivity index (χ2v) is 4.27. The molecule has 0 saturated carbocycles. The molecule has 1 fully saturated rings. The fourth-order valence-electron chi connectivity index (χ4n) is 1.93. The molecule has 0 N–H and O–H groups in total. The van der Waals surface area contributed by atoms with E-state index in [-0.39, 0.29) is 17.6 Å². The van der Waals surface area contributed by atoms with Crippen LogP contribution in [-0.4, -0.2) is 49.8 Å². The van der Waals surface area contributed by atoms with Gasteiger partial charge in [-0.05, 0) is 20.3 Å². The minimum absolute atomic E-state index is 0.0786. The number of methoxy groups -OCH3 is 2. The van der Waals surface area contributed by atoms with Crippen LogP contribution in [0.15, 0.2) is 0 Å². The Labute approximate surface area is 85.2 Å². The first-order valence-electron chi connectivity index (χ1n) is 4.86. The van der Waals surface area contributed by atoms with Gasteiger partial charge in [-0.2, -0.15) is 0 Å². The normalized spacial score (nSPS) is 23.0. The number of hydrogen-bond donors (Lipinski definition) is 0. The van der Waals surface area contributed by atoms with E-state index in [1.165, 1.54) is 7.11 Å². The molecule has 1 aliphatic heterocycles. The molecule has 1 rings (SSSR count). The summed E-state index contributed by atoms with van der Waals surface area (Å²) in [7, 11) is 3.11. The first-order chi connectivity index (χ1) is 6.53. The maximum Gasteiger partial charge on any atom is 0.323 e. The van der Waals surface area contributed by atoms with Gasteiger partial charge in [-0.1, -0.05) is 0 Å². The number of rotatable bonds is 4. The van der Waals surface area contributed by atoms with Crippen LogP contribution in [0, 0.1) is 0 Å². The van der Waals surface area contributed by atoms with Gasteiger partial charge in [0.25, 0.3) is 0 Å². The fourth-order valence-corrected chi connectivity index (χ4v) is 1.93. The van der Waals surface area contributed by atoms with E-state index in [9.17, 15) is 4.79 Å². The molecule has 14 heavy (non-hydrogen) atoms. The van der Waals surface area contributed by atoms with Crippen LogP contribution < -0.4 is 0 Å². The van der Waals surface area contributed by atoms with Crippen molar-refractivity contribution < 1.29 is 14.3 Å². The quantitative estimate of drug-likeness (QED) is 0.626. The Morgan fingerprint density at radius 3 is 2.50 bits per heavy atom. The first kappa shape index (κ1) is 11.5. The van der Waals surface area contributed by atoms with E-state index in [1.54, 1.807) is 7.11 Å². The zero-order valence-electron chi connectivity index (χ0n) is 9.37. The molecular weight excluding hydrogens is 182 g/mol. The van der Waals surface area contributed by atoms with Crippen molar-refractivity contribution >= 4 is 5.97 Å². The van der Waals surface area contributed by atoms with Crippen LogP contribution in [0.4, 0.5) is 0 Å². The summed E-state index contributed by atoms with van der Waals surface area (Å²) in [4.78, 5) is 13.5.